The highest BCUT2D eigenvalue weighted by Crippen LogP contribution is 2.34. The molecule has 2 aromatic rings. The lowest BCUT2D eigenvalue weighted by Gasteiger charge is -2.21. The van der Waals surface area contributed by atoms with Crippen molar-refractivity contribution < 1.29 is 14.1 Å². The maximum Gasteiger partial charge on any atom is 0.357 e. The summed E-state index contributed by atoms with van der Waals surface area (Å²) in [5, 5.41) is 6.71. The Morgan fingerprint density at radius 1 is 1.62 bits per heavy atom. The predicted octanol–water partition coefficient (Wildman–Crippen LogP) is 2.64. The van der Waals surface area contributed by atoms with Gasteiger partial charge in [0.1, 0.15) is 11.3 Å². The van der Waals surface area contributed by atoms with Gasteiger partial charge in [-0.3, -0.25) is 4.90 Å². The number of likely N-dealkylation sites (tertiary alicyclic amines) is 1. The van der Waals surface area contributed by atoms with Crippen molar-refractivity contribution >= 4 is 17.3 Å². The van der Waals surface area contributed by atoms with Gasteiger partial charge in [0.05, 0.1) is 18.3 Å². The number of aromatic nitrogens is 2. The Balaban J connectivity index is 1.71. The molecule has 7 heteroatoms. The van der Waals surface area contributed by atoms with Gasteiger partial charge in [0.15, 0.2) is 5.69 Å². The fourth-order valence-electron chi connectivity index (χ4n) is 2.56. The van der Waals surface area contributed by atoms with Crippen LogP contribution in [0.4, 0.5) is 0 Å². The number of hydrogen-bond acceptors (Lipinski definition) is 7. The zero-order valence-corrected chi connectivity index (χ0v) is 12.6. The quantitative estimate of drug-likeness (QED) is 0.791. The van der Waals surface area contributed by atoms with Crippen molar-refractivity contribution in [2.75, 3.05) is 13.2 Å². The van der Waals surface area contributed by atoms with Gasteiger partial charge in [0, 0.05) is 18.0 Å². The number of thiazole rings is 1. The molecule has 1 aliphatic rings. The molecule has 1 atom stereocenters. The second-order valence-electron chi connectivity index (χ2n) is 4.91. The molecule has 0 aliphatic carbocycles. The summed E-state index contributed by atoms with van der Waals surface area (Å²) in [6.07, 6.45) is 3.76. The van der Waals surface area contributed by atoms with E-state index in [4.69, 9.17) is 9.26 Å². The third kappa shape index (κ3) is 3.14. The van der Waals surface area contributed by atoms with Crippen LogP contribution >= 0.6 is 11.3 Å². The number of carbonyl (C=O) groups is 1. The Labute approximate surface area is 126 Å². The molecule has 3 heterocycles. The summed E-state index contributed by atoms with van der Waals surface area (Å²) < 4.78 is 9.86. The molecule has 1 aliphatic heterocycles. The van der Waals surface area contributed by atoms with E-state index in [0.717, 1.165) is 36.6 Å². The number of carbonyl (C=O) groups excluding carboxylic acids is 1. The first-order valence-corrected chi connectivity index (χ1v) is 7.91. The lowest BCUT2D eigenvalue weighted by Crippen LogP contribution is -2.23. The molecule has 1 saturated heterocycles. The number of hydrogen-bond donors (Lipinski definition) is 0. The molecule has 0 amide bonds. The zero-order valence-electron chi connectivity index (χ0n) is 11.8. The van der Waals surface area contributed by atoms with E-state index in [9.17, 15) is 4.79 Å². The van der Waals surface area contributed by atoms with E-state index in [0.29, 0.717) is 12.3 Å². The fourth-order valence-corrected chi connectivity index (χ4v) is 3.52. The van der Waals surface area contributed by atoms with E-state index < -0.39 is 0 Å². The van der Waals surface area contributed by atoms with Gasteiger partial charge in [-0.25, -0.2) is 9.78 Å². The van der Waals surface area contributed by atoms with Gasteiger partial charge < -0.3 is 9.26 Å². The second kappa shape index (κ2) is 6.36. The Hall–Kier alpha value is -1.73. The lowest BCUT2D eigenvalue weighted by atomic mass is 10.2. The largest absolute Gasteiger partial charge is 0.461 e. The van der Waals surface area contributed by atoms with Crippen molar-refractivity contribution in [2.24, 2.45) is 0 Å². The van der Waals surface area contributed by atoms with Crippen LogP contribution in [-0.2, 0) is 11.3 Å². The molecule has 112 valence electrons. The van der Waals surface area contributed by atoms with Crippen molar-refractivity contribution in [3.8, 4) is 0 Å². The molecule has 0 N–H and O–H groups in total. The highest BCUT2D eigenvalue weighted by molar-refractivity contribution is 7.09. The zero-order chi connectivity index (χ0) is 14.7. The first kappa shape index (κ1) is 14.2. The Morgan fingerprint density at radius 2 is 2.52 bits per heavy atom. The Morgan fingerprint density at radius 3 is 3.29 bits per heavy atom. The van der Waals surface area contributed by atoms with Crippen molar-refractivity contribution in [3.05, 3.63) is 34.1 Å². The average Bonchev–Trinajstić information content (AvgIpc) is 3.20. The van der Waals surface area contributed by atoms with Crippen molar-refractivity contribution in [2.45, 2.75) is 32.4 Å². The van der Waals surface area contributed by atoms with Crippen LogP contribution < -0.4 is 0 Å². The number of ether oxygens (including phenoxy) is 1. The van der Waals surface area contributed by atoms with Crippen LogP contribution in [0, 0.1) is 0 Å². The minimum Gasteiger partial charge on any atom is -0.461 e. The number of nitrogens with zero attached hydrogens (tertiary/aromatic N) is 3. The molecule has 0 unspecified atom stereocenters. The van der Waals surface area contributed by atoms with E-state index in [1.54, 1.807) is 18.6 Å². The molecule has 0 radical (unpaired) electrons. The summed E-state index contributed by atoms with van der Waals surface area (Å²) >= 11 is 1.52. The van der Waals surface area contributed by atoms with E-state index in [1.807, 2.05) is 6.07 Å². The number of rotatable bonds is 5. The van der Waals surface area contributed by atoms with E-state index in [-0.39, 0.29) is 12.0 Å². The second-order valence-corrected chi connectivity index (χ2v) is 5.80. The van der Waals surface area contributed by atoms with Gasteiger partial charge in [-0.2, -0.15) is 0 Å². The molecule has 2 aromatic heterocycles. The van der Waals surface area contributed by atoms with Crippen LogP contribution in [0.1, 0.15) is 47.0 Å². The van der Waals surface area contributed by atoms with Crippen LogP contribution in [0.3, 0.4) is 0 Å². The monoisotopic (exact) mass is 307 g/mol. The topological polar surface area (TPSA) is 68.5 Å². The Kier molecular flexibility index (Phi) is 4.31. The molecule has 21 heavy (non-hydrogen) atoms. The van der Waals surface area contributed by atoms with Gasteiger partial charge in [0.2, 0.25) is 0 Å². The maximum absolute atomic E-state index is 11.7. The Bertz CT molecular complexity index is 596. The third-order valence-corrected chi connectivity index (χ3v) is 4.46. The van der Waals surface area contributed by atoms with Crippen LogP contribution in [0.5, 0.6) is 0 Å². The summed E-state index contributed by atoms with van der Waals surface area (Å²) in [4.78, 5) is 18.5. The molecule has 1 fully saturated rings. The molecule has 0 bridgehead atoms. The molecular formula is C14H17N3O3S. The van der Waals surface area contributed by atoms with Crippen molar-refractivity contribution in [3.63, 3.8) is 0 Å². The van der Waals surface area contributed by atoms with Crippen LogP contribution in [0.25, 0.3) is 0 Å². The molecular weight excluding hydrogens is 290 g/mol. The van der Waals surface area contributed by atoms with Gasteiger partial charge in [-0.05, 0) is 26.3 Å². The smallest absolute Gasteiger partial charge is 0.357 e. The SMILES string of the molecule is CCOC(=O)c1csc([C@@H]2CCCN2Cc2ccon2)n1. The summed E-state index contributed by atoms with van der Waals surface area (Å²) in [6, 6.07) is 2.12. The third-order valence-electron chi connectivity index (χ3n) is 3.51. The van der Waals surface area contributed by atoms with Crippen LogP contribution in [0.2, 0.25) is 0 Å². The predicted molar refractivity (Wildman–Crippen MR) is 77.0 cm³/mol. The van der Waals surface area contributed by atoms with Crippen molar-refractivity contribution in [1.82, 2.24) is 15.0 Å². The summed E-state index contributed by atoms with van der Waals surface area (Å²) in [5.41, 5.74) is 1.33. The standard InChI is InChI=1S/C14H17N3O3S/c1-2-19-14(18)11-9-21-13(15-11)12-4-3-6-17(12)8-10-5-7-20-16-10/h5,7,9,12H,2-4,6,8H2,1H3/t12-/m0/s1. The fraction of sp³-hybridized carbons (Fsp3) is 0.500. The number of esters is 1. The summed E-state index contributed by atoms with van der Waals surface area (Å²) in [6.45, 7) is 3.91. The van der Waals surface area contributed by atoms with E-state index in [1.165, 1.54) is 11.3 Å². The summed E-state index contributed by atoms with van der Waals surface area (Å²) in [7, 11) is 0. The van der Waals surface area contributed by atoms with E-state index in [2.05, 4.69) is 15.0 Å². The summed E-state index contributed by atoms with van der Waals surface area (Å²) in [5.74, 6) is -0.346. The van der Waals surface area contributed by atoms with Gasteiger partial charge in [0.25, 0.3) is 0 Å². The van der Waals surface area contributed by atoms with Gasteiger partial charge in [-0.1, -0.05) is 5.16 Å². The average molecular weight is 307 g/mol. The normalized spacial score (nSPS) is 19.0. The maximum atomic E-state index is 11.7. The first-order chi connectivity index (χ1) is 10.3. The molecule has 3 rings (SSSR count). The van der Waals surface area contributed by atoms with Crippen LogP contribution in [-0.4, -0.2) is 34.2 Å². The first-order valence-electron chi connectivity index (χ1n) is 7.03. The lowest BCUT2D eigenvalue weighted by molar-refractivity contribution is 0.0520. The van der Waals surface area contributed by atoms with Gasteiger partial charge in [-0.15, -0.1) is 11.3 Å². The molecule has 0 aromatic carbocycles. The molecule has 6 nitrogen and oxygen atoms in total. The highest BCUT2D eigenvalue weighted by Gasteiger charge is 2.29. The molecule has 0 spiro atoms. The minimum absolute atomic E-state index is 0.245. The van der Waals surface area contributed by atoms with Crippen molar-refractivity contribution in [1.29, 1.82) is 0 Å². The highest BCUT2D eigenvalue weighted by atomic mass is 32.1. The van der Waals surface area contributed by atoms with Crippen LogP contribution in [0.15, 0.2) is 22.2 Å². The van der Waals surface area contributed by atoms with E-state index >= 15 is 0 Å². The molecule has 0 saturated carbocycles. The van der Waals surface area contributed by atoms with Gasteiger partial charge >= 0.3 is 5.97 Å². The minimum atomic E-state index is -0.346.